The number of nitrogens with zero attached hydrogens (tertiary/aromatic N) is 4. The lowest BCUT2D eigenvalue weighted by molar-refractivity contribution is 1.18. The van der Waals surface area contributed by atoms with Gasteiger partial charge in [0.05, 0.1) is 34.8 Å². The van der Waals surface area contributed by atoms with E-state index in [9.17, 15) is 5.26 Å². The second kappa shape index (κ2) is 15.6. The summed E-state index contributed by atoms with van der Waals surface area (Å²) in [5.41, 5.74) is 16.8. The molecule has 0 aliphatic rings. The number of aromatic nitrogens is 2. The molecule has 0 saturated heterocycles. The summed E-state index contributed by atoms with van der Waals surface area (Å²) in [4.78, 5) is 3.79. The summed E-state index contributed by atoms with van der Waals surface area (Å²) in [6.07, 6.45) is 0. The normalized spacial score (nSPS) is 11.5. The van der Waals surface area contributed by atoms with Crippen LogP contribution in [0.5, 0.6) is 0 Å². The molecule has 11 aromatic carbocycles. The van der Waals surface area contributed by atoms with Crippen LogP contribution in [0.3, 0.4) is 0 Å². The van der Waals surface area contributed by atoms with E-state index in [4.69, 9.17) is 6.57 Å². The van der Waals surface area contributed by atoms with Crippen molar-refractivity contribution in [1.29, 1.82) is 5.26 Å². The zero-order chi connectivity index (χ0) is 45.3. The Kier molecular flexibility index (Phi) is 8.93. The molecule has 0 N–H and O–H groups in total. The third kappa shape index (κ3) is 6.13. The Hall–Kier alpha value is -9.48. The first-order valence-corrected chi connectivity index (χ1v) is 22.8. The Bertz CT molecular complexity index is 3970. The fourth-order valence-electron chi connectivity index (χ4n) is 10.7. The number of hydrogen-bond donors (Lipinski definition) is 0. The van der Waals surface area contributed by atoms with E-state index in [1.807, 2.05) is 36.4 Å². The molecule has 0 saturated carbocycles. The Balaban J connectivity index is 1.05. The first-order valence-electron chi connectivity index (χ1n) is 22.8. The summed E-state index contributed by atoms with van der Waals surface area (Å²) in [7, 11) is 0. The van der Waals surface area contributed by atoms with E-state index in [0.29, 0.717) is 11.3 Å². The number of benzene rings is 11. The van der Waals surface area contributed by atoms with Crippen molar-refractivity contribution in [1.82, 2.24) is 9.13 Å². The van der Waals surface area contributed by atoms with E-state index < -0.39 is 0 Å². The lowest BCUT2D eigenvalue weighted by Crippen LogP contribution is -1.94. The van der Waals surface area contributed by atoms with E-state index in [0.717, 1.165) is 88.4 Å². The molecule has 314 valence electrons. The molecule has 0 aliphatic heterocycles. The van der Waals surface area contributed by atoms with Crippen molar-refractivity contribution in [3.63, 3.8) is 0 Å². The Morgan fingerprint density at radius 1 is 0.324 bits per heavy atom. The highest BCUT2D eigenvalue weighted by Crippen LogP contribution is 2.47. The van der Waals surface area contributed by atoms with Crippen LogP contribution in [0.4, 0.5) is 5.69 Å². The molecule has 0 spiro atoms. The quantitative estimate of drug-likeness (QED) is 0.121. The van der Waals surface area contributed by atoms with Gasteiger partial charge in [-0.2, -0.15) is 5.26 Å². The highest BCUT2D eigenvalue weighted by Gasteiger charge is 2.21. The van der Waals surface area contributed by atoms with Gasteiger partial charge in [-0.1, -0.05) is 164 Å². The molecule has 0 unspecified atom stereocenters. The predicted octanol–water partition coefficient (Wildman–Crippen LogP) is 17.3. The summed E-state index contributed by atoms with van der Waals surface area (Å²) < 4.78 is 4.58. The minimum atomic E-state index is 0.623. The Morgan fingerprint density at radius 3 is 1.13 bits per heavy atom. The second-order valence-corrected chi connectivity index (χ2v) is 17.5. The summed E-state index contributed by atoms with van der Waals surface area (Å²) in [6.45, 7) is 7.79. The van der Waals surface area contributed by atoms with Gasteiger partial charge in [-0.25, -0.2) is 4.85 Å². The van der Waals surface area contributed by atoms with E-state index in [-0.39, 0.29) is 0 Å². The maximum atomic E-state index is 9.89. The second-order valence-electron chi connectivity index (χ2n) is 17.5. The van der Waals surface area contributed by atoms with Gasteiger partial charge in [0.2, 0.25) is 0 Å². The molecular weight excluding hydrogens is 825 g/mol. The molecule has 13 aromatic rings. The van der Waals surface area contributed by atoms with Crippen molar-refractivity contribution in [2.45, 2.75) is 0 Å². The third-order valence-electron chi connectivity index (χ3n) is 13.7. The number of hydrogen-bond acceptors (Lipinski definition) is 1. The smallest absolute Gasteiger partial charge is 0.189 e. The zero-order valence-corrected chi connectivity index (χ0v) is 36.7. The van der Waals surface area contributed by atoms with Gasteiger partial charge in [0.25, 0.3) is 0 Å². The molecule has 4 heteroatoms. The number of nitriles is 1. The summed E-state index contributed by atoms with van der Waals surface area (Å²) in [5, 5.41) is 19.2. The molecular formula is C64H38N4. The zero-order valence-electron chi connectivity index (χ0n) is 36.7. The molecule has 0 atom stereocenters. The fourth-order valence-corrected chi connectivity index (χ4v) is 10.7. The Morgan fingerprint density at radius 2 is 0.691 bits per heavy atom. The summed E-state index contributed by atoms with van der Waals surface area (Å²) in [5.74, 6) is 0. The summed E-state index contributed by atoms with van der Waals surface area (Å²) >= 11 is 0. The molecule has 0 radical (unpaired) electrons. The first-order chi connectivity index (χ1) is 33.6. The highest BCUT2D eigenvalue weighted by atomic mass is 15.0. The van der Waals surface area contributed by atoms with Crippen molar-refractivity contribution in [3.05, 3.63) is 248 Å². The minimum Gasteiger partial charge on any atom is -0.310 e. The molecule has 13 rings (SSSR count). The predicted molar refractivity (Wildman–Crippen MR) is 283 cm³/mol. The van der Waals surface area contributed by atoms with Crippen LogP contribution >= 0.6 is 0 Å². The maximum absolute atomic E-state index is 9.89. The van der Waals surface area contributed by atoms with Gasteiger partial charge < -0.3 is 9.13 Å². The van der Waals surface area contributed by atoms with Crippen LogP contribution in [-0.2, 0) is 0 Å². The molecule has 0 aliphatic carbocycles. The molecule has 2 aromatic heterocycles. The lowest BCUT2D eigenvalue weighted by Gasteiger charge is -2.20. The van der Waals surface area contributed by atoms with Gasteiger partial charge in [0.15, 0.2) is 5.69 Å². The summed E-state index contributed by atoms with van der Waals surface area (Å²) in [6, 6.07) is 84.4. The molecule has 4 nitrogen and oxygen atoms in total. The monoisotopic (exact) mass is 862 g/mol. The minimum absolute atomic E-state index is 0.623. The van der Waals surface area contributed by atoms with Gasteiger partial charge >= 0.3 is 0 Å². The maximum Gasteiger partial charge on any atom is 0.189 e. The van der Waals surface area contributed by atoms with Gasteiger partial charge in [-0.05, 0) is 133 Å². The van der Waals surface area contributed by atoms with Crippen LogP contribution in [0.15, 0.2) is 231 Å². The number of fused-ring (bicyclic) bond motifs is 8. The molecule has 0 amide bonds. The van der Waals surface area contributed by atoms with Gasteiger partial charge in [-0.15, -0.1) is 0 Å². The van der Waals surface area contributed by atoms with Crippen LogP contribution < -0.4 is 0 Å². The van der Waals surface area contributed by atoms with Crippen molar-refractivity contribution in [3.8, 4) is 62.0 Å². The molecule has 0 bridgehead atoms. The molecule has 68 heavy (non-hydrogen) atoms. The van der Waals surface area contributed by atoms with Crippen LogP contribution in [0.1, 0.15) is 5.56 Å². The van der Waals surface area contributed by atoms with Crippen molar-refractivity contribution in [2.24, 2.45) is 0 Å². The van der Waals surface area contributed by atoms with E-state index in [1.165, 1.54) is 32.7 Å². The van der Waals surface area contributed by atoms with Gasteiger partial charge in [-0.3, -0.25) is 0 Å². The van der Waals surface area contributed by atoms with Crippen LogP contribution in [0.2, 0.25) is 0 Å². The number of para-hydroxylation sites is 2. The fraction of sp³-hybridized carbons (Fsp3) is 0. The standard InChI is InChI=1S/C64H38N4/c1-66-48-27-33-54-53-30-24-47(38-61(53)68(62(54)39-48)50-20-12-5-13-21-50)45-26-32-56-58(36-45)64(43-16-8-3-9-17-43)55-31-25-44(35-57(55)63(56)42-14-6-2-7-15-42)46-23-29-52-51-28-22-41(40-65)34-59(51)67(60(52)37-46)49-18-10-4-11-19-49/h2-39H. The van der Waals surface area contributed by atoms with E-state index >= 15 is 0 Å². The van der Waals surface area contributed by atoms with E-state index in [2.05, 4.69) is 214 Å². The van der Waals surface area contributed by atoms with Crippen molar-refractivity contribution >= 4 is 70.8 Å². The lowest BCUT2D eigenvalue weighted by atomic mass is 9.84. The van der Waals surface area contributed by atoms with Crippen LogP contribution in [-0.4, -0.2) is 9.13 Å². The van der Waals surface area contributed by atoms with Crippen LogP contribution in [0, 0.1) is 17.9 Å². The largest absolute Gasteiger partial charge is 0.310 e. The average Bonchev–Trinajstić information content (AvgIpc) is 3.91. The van der Waals surface area contributed by atoms with Crippen LogP contribution in [0.25, 0.3) is 126 Å². The highest BCUT2D eigenvalue weighted by molar-refractivity contribution is 6.23. The van der Waals surface area contributed by atoms with Crippen molar-refractivity contribution in [2.75, 3.05) is 0 Å². The number of rotatable bonds is 6. The molecule has 0 fully saturated rings. The van der Waals surface area contributed by atoms with Gasteiger partial charge in [0, 0.05) is 38.4 Å². The van der Waals surface area contributed by atoms with Crippen molar-refractivity contribution < 1.29 is 0 Å². The SMILES string of the molecule is [C-]#[N+]c1ccc2c3ccc(-c4ccc5c(-c6ccccc6)c6cc(-c7ccc8c9ccc(C#N)cc9n(-c9ccccc9)c8c7)ccc6c(-c6ccccc6)c5c4)cc3n(-c3ccccc3)c2c1. The average molecular weight is 863 g/mol. The molecule has 2 heterocycles. The third-order valence-corrected chi connectivity index (χ3v) is 13.7. The first kappa shape index (κ1) is 38.9. The topological polar surface area (TPSA) is 38.0 Å². The Labute approximate surface area is 392 Å². The van der Waals surface area contributed by atoms with Gasteiger partial charge in [0.1, 0.15) is 0 Å². The van der Waals surface area contributed by atoms with E-state index in [1.54, 1.807) is 0 Å².